The number of aliphatic hydroxyl groups is 1. The number of nitrogens with zero attached hydrogens (tertiary/aromatic N) is 1. The second kappa shape index (κ2) is 5.13. The molecule has 1 heterocycles. The minimum absolute atomic E-state index is 0.000561. The lowest BCUT2D eigenvalue weighted by Gasteiger charge is -2.21. The average Bonchev–Trinajstić information content (AvgIpc) is 2.91. The zero-order valence-corrected chi connectivity index (χ0v) is 11.4. The van der Waals surface area contributed by atoms with Gasteiger partial charge in [0.2, 0.25) is 0 Å². The first kappa shape index (κ1) is 12.9. The zero-order chi connectivity index (χ0) is 14.1. The van der Waals surface area contributed by atoms with Crippen molar-refractivity contribution in [1.29, 1.82) is 0 Å². The van der Waals surface area contributed by atoms with Crippen LogP contribution in [0, 0.1) is 0 Å². The van der Waals surface area contributed by atoms with Crippen molar-refractivity contribution < 1.29 is 9.84 Å². The number of para-hydroxylation sites is 1. The fourth-order valence-electron chi connectivity index (χ4n) is 2.96. The van der Waals surface area contributed by atoms with Gasteiger partial charge in [-0.25, -0.2) is 0 Å². The van der Waals surface area contributed by atoms with Gasteiger partial charge in [-0.3, -0.25) is 4.98 Å². The van der Waals surface area contributed by atoms with Crippen molar-refractivity contribution in [3.05, 3.63) is 53.3 Å². The van der Waals surface area contributed by atoms with E-state index in [1.807, 2.05) is 18.2 Å². The molecule has 2 atom stereocenters. The highest BCUT2D eigenvalue weighted by Crippen LogP contribution is 2.43. The van der Waals surface area contributed by atoms with Gasteiger partial charge in [-0.05, 0) is 30.5 Å². The molecule has 2 aromatic rings. The number of rotatable bonds is 3. The van der Waals surface area contributed by atoms with Crippen LogP contribution in [0.4, 0.5) is 5.69 Å². The zero-order valence-electron chi connectivity index (χ0n) is 11.4. The Balaban J connectivity index is 1.97. The Morgan fingerprint density at radius 1 is 1.35 bits per heavy atom. The number of benzene rings is 1. The first-order valence-electron chi connectivity index (χ1n) is 6.76. The Hall–Kier alpha value is -2.07. The molecule has 20 heavy (non-hydrogen) atoms. The van der Waals surface area contributed by atoms with Crippen LogP contribution in [0.15, 0.2) is 36.5 Å². The van der Waals surface area contributed by atoms with Gasteiger partial charge < -0.3 is 15.6 Å². The largest absolute Gasteiger partial charge is 0.495 e. The lowest BCUT2D eigenvalue weighted by Crippen LogP contribution is -2.12. The second-order valence-corrected chi connectivity index (χ2v) is 5.10. The molecule has 1 aromatic carbocycles. The van der Waals surface area contributed by atoms with Gasteiger partial charge in [0.1, 0.15) is 5.75 Å². The molecule has 0 amide bonds. The molecule has 0 radical (unpaired) electrons. The summed E-state index contributed by atoms with van der Waals surface area (Å²) in [5, 5.41) is 10.7. The summed E-state index contributed by atoms with van der Waals surface area (Å²) in [4.78, 5) is 4.43. The van der Waals surface area contributed by atoms with Gasteiger partial charge in [0, 0.05) is 23.4 Å². The summed E-state index contributed by atoms with van der Waals surface area (Å²) < 4.78 is 5.22. The van der Waals surface area contributed by atoms with Gasteiger partial charge in [0.05, 0.1) is 18.9 Å². The van der Waals surface area contributed by atoms with Crippen LogP contribution in [0.1, 0.15) is 35.3 Å². The van der Waals surface area contributed by atoms with Crippen molar-refractivity contribution in [2.24, 2.45) is 0 Å². The summed E-state index contributed by atoms with van der Waals surface area (Å²) in [6, 6.07) is 9.51. The van der Waals surface area contributed by atoms with E-state index in [1.165, 1.54) is 5.56 Å². The molecular formula is C16H18N2O2. The highest BCUT2D eigenvalue weighted by molar-refractivity contribution is 5.59. The minimum atomic E-state index is -0.652. The summed E-state index contributed by atoms with van der Waals surface area (Å²) in [6.45, 7) is 0. The summed E-state index contributed by atoms with van der Waals surface area (Å²) in [7, 11) is 1.58. The first-order chi connectivity index (χ1) is 9.72. The molecule has 3 N–H and O–H groups in total. The van der Waals surface area contributed by atoms with Crippen LogP contribution < -0.4 is 10.5 Å². The van der Waals surface area contributed by atoms with E-state index in [9.17, 15) is 5.11 Å². The van der Waals surface area contributed by atoms with Gasteiger partial charge in [0.25, 0.3) is 0 Å². The second-order valence-electron chi connectivity index (χ2n) is 5.10. The molecule has 1 aliphatic carbocycles. The summed E-state index contributed by atoms with van der Waals surface area (Å²) in [5.41, 5.74) is 9.51. The number of pyridine rings is 1. The van der Waals surface area contributed by atoms with E-state index in [0.717, 1.165) is 18.5 Å². The normalized spacial score (nSPS) is 18.6. The Morgan fingerprint density at radius 3 is 3.00 bits per heavy atom. The number of nitrogen functional groups attached to an aromatic ring is 1. The molecule has 0 saturated carbocycles. The third kappa shape index (κ3) is 2.02. The molecule has 4 heteroatoms. The van der Waals surface area contributed by atoms with Gasteiger partial charge in [-0.15, -0.1) is 0 Å². The smallest absolute Gasteiger partial charge is 0.142 e. The van der Waals surface area contributed by atoms with Crippen LogP contribution in [-0.4, -0.2) is 17.2 Å². The monoisotopic (exact) mass is 270 g/mol. The molecule has 2 unspecified atom stereocenters. The average molecular weight is 270 g/mol. The molecule has 0 bridgehead atoms. The van der Waals surface area contributed by atoms with E-state index in [2.05, 4.69) is 11.1 Å². The Bertz CT molecular complexity index is 628. The lowest BCUT2D eigenvalue weighted by atomic mass is 9.92. The van der Waals surface area contributed by atoms with Gasteiger partial charge in [-0.2, -0.15) is 0 Å². The number of hydrogen-bond acceptors (Lipinski definition) is 4. The molecule has 1 aromatic heterocycles. The van der Waals surface area contributed by atoms with Crippen LogP contribution in [0.25, 0.3) is 0 Å². The Morgan fingerprint density at radius 2 is 2.20 bits per heavy atom. The third-order valence-corrected chi connectivity index (χ3v) is 4.02. The Labute approximate surface area is 118 Å². The van der Waals surface area contributed by atoms with Gasteiger partial charge in [0.15, 0.2) is 0 Å². The molecule has 0 saturated heterocycles. The third-order valence-electron chi connectivity index (χ3n) is 4.02. The molecule has 3 rings (SSSR count). The number of ether oxygens (including phenoxy) is 1. The van der Waals surface area contributed by atoms with E-state index in [-0.39, 0.29) is 5.92 Å². The fraction of sp³-hybridized carbons (Fsp3) is 0.312. The number of hydrogen-bond donors (Lipinski definition) is 2. The number of anilines is 1. The number of aliphatic hydroxyl groups excluding tert-OH is 1. The number of methoxy groups -OCH3 is 1. The molecule has 1 aliphatic rings. The van der Waals surface area contributed by atoms with Crippen molar-refractivity contribution >= 4 is 5.69 Å². The van der Waals surface area contributed by atoms with E-state index in [1.54, 1.807) is 19.4 Å². The molecule has 0 fully saturated rings. The van der Waals surface area contributed by atoms with E-state index >= 15 is 0 Å². The van der Waals surface area contributed by atoms with E-state index < -0.39 is 6.10 Å². The molecule has 0 spiro atoms. The van der Waals surface area contributed by atoms with Gasteiger partial charge in [-0.1, -0.05) is 18.2 Å². The summed E-state index contributed by atoms with van der Waals surface area (Å²) >= 11 is 0. The maximum absolute atomic E-state index is 10.7. The summed E-state index contributed by atoms with van der Waals surface area (Å²) in [5.74, 6) is 0.599. The lowest BCUT2D eigenvalue weighted by molar-refractivity contribution is 0.144. The SMILES string of the molecule is COc1cccc(C(O)C2CCc3cccnc32)c1N. The van der Waals surface area contributed by atoms with Crippen molar-refractivity contribution in [2.45, 2.75) is 24.9 Å². The van der Waals surface area contributed by atoms with Crippen LogP contribution in [0.3, 0.4) is 0 Å². The van der Waals surface area contributed by atoms with Crippen molar-refractivity contribution in [2.75, 3.05) is 12.8 Å². The fourth-order valence-corrected chi connectivity index (χ4v) is 2.96. The highest BCUT2D eigenvalue weighted by atomic mass is 16.5. The molecule has 4 nitrogen and oxygen atoms in total. The number of nitrogens with two attached hydrogens (primary N) is 1. The standard InChI is InChI=1S/C16H18N2O2/c1-20-13-6-2-5-11(14(13)17)16(19)12-8-7-10-4-3-9-18-15(10)12/h2-6,9,12,16,19H,7-8,17H2,1H3. The van der Waals surface area contributed by atoms with Crippen LogP contribution in [0.5, 0.6) is 5.75 Å². The Kier molecular flexibility index (Phi) is 3.32. The van der Waals surface area contributed by atoms with Crippen LogP contribution in [0.2, 0.25) is 0 Å². The maximum Gasteiger partial charge on any atom is 0.142 e. The number of fused-ring (bicyclic) bond motifs is 1. The van der Waals surface area contributed by atoms with Crippen LogP contribution >= 0.6 is 0 Å². The van der Waals surface area contributed by atoms with E-state index in [4.69, 9.17) is 10.5 Å². The topological polar surface area (TPSA) is 68.4 Å². The van der Waals surface area contributed by atoms with Crippen molar-refractivity contribution in [1.82, 2.24) is 4.98 Å². The highest BCUT2D eigenvalue weighted by Gasteiger charge is 2.32. The van der Waals surface area contributed by atoms with Gasteiger partial charge >= 0.3 is 0 Å². The first-order valence-corrected chi connectivity index (χ1v) is 6.76. The predicted molar refractivity (Wildman–Crippen MR) is 77.7 cm³/mol. The van der Waals surface area contributed by atoms with Crippen LogP contribution in [-0.2, 0) is 6.42 Å². The van der Waals surface area contributed by atoms with Crippen molar-refractivity contribution in [3.63, 3.8) is 0 Å². The number of aryl methyl sites for hydroxylation is 1. The quantitative estimate of drug-likeness (QED) is 0.841. The maximum atomic E-state index is 10.7. The van der Waals surface area contributed by atoms with E-state index in [0.29, 0.717) is 17.0 Å². The molecule has 104 valence electrons. The van der Waals surface area contributed by atoms with Crippen molar-refractivity contribution in [3.8, 4) is 5.75 Å². The number of aromatic nitrogens is 1. The molecular weight excluding hydrogens is 252 g/mol. The predicted octanol–water partition coefficient (Wildman–Crippen LogP) is 2.44. The minimum Gasteiger partial charge on any atom is -0.495 e. The molecule has 0 aliphatic heterocycles. The summed E-state index contributed by atoms with van der Waals surface area (Å²) in [6.07, 6.45) is 2.97.